The van der Waals surface area contributed by atoms with Crippen LogP contribution >= 0.6 is 0 Å². The van der Waals surface area contributed by atoms with Crippen LogP contribution in [0, 0.1) is 0 Å². The zero-order valence-corrected chi connectivity index (χ0v) is 14.4. The van der Waals surface area contributed by atoms with Crippen LogP contribution in [0.2, 0.25) is 0 Å². The van der Waals surface area contributed by atoms with Crippen LogP contribution in [0.15, 0.2) is 60.7 Å². The molecule has 0 aliphatic carbocycles. The Hall–Kier alpha value is -2.13. The Bertz CT molecular complexity index is 633. The zero-order chi connectivity index (χ0) is 16.8. The van der Waals surface area contributed by atoms with E-state index < -0.39 is 0 Å². The smallest absolute Gasteiger partial charge is 0.224 e. The molecule has 1 heterocycles. The average Bonchev–Trinajstić information content (AvgIpc) is 2.63. The summed E-state index contributed by atoms with van der Waals surface area (Å²) in [5.41, 5.74) is 2.42. The first kappa shape index (κ1) is 16.7. The quantitative estimate of drug-likeness (QED) is 0.837. The van der Waals surface area contributed by atoms with Crippen molar-refractivity contribution in [2.75, 3.05) is 24.5 Å². The zero-order valence-electron chi connectivity index (χ0n) is 14.4. The third-order valence-electron chi connectivity index (χ3n) is 4.86. The molecule has 24 heavy (non-hydrogen) atoms. The molecule has 1 amide bonds. The predicted octanol–water partition coefficient (Wildman–Crippen LogP) is 3.75. The topological polar surface area (TPSA) is 23.6 Å². The summed E-state index contributed by atoms with van der Waals surface area (Å²) >= 11 is 0. The van der Waals surface area contributed by atoms with Crippen molar-refractivity contribution in [3.63, 3.8) is 0 Å². The van der Waals surface area contributed by atoms with Gasteiger partial charge in [0.05, 0.1) is 0 Å². The van der Waals surface area contributed by atoms with Crippen molar-refractivity contribution in [1.82, 2.24) is 4.90 Å². The maximum Gasteiger partial charge on any atom is 0.224 e. The van der Waals surface area contributed by atoms with Gasteiger partial charge in [0.2, 0.25) is 5.91 Å². The molecule has 0 aromatic heterocycles. The van der Waals surface area contributed by atoms with Crippen LogP contribution in [0.5, 0.6) is 0 Å². The first-order valence-corrected chi connectivity index (χ1v) is 8.85. The molecule has 0 unspecified atom stereocenters. The molecule has 3 rings (SSSR count). The Morgan fingerprint density at radius 1 is 1.00 bits per heavy atom. The van der Waals surface area contributed by atoms with Gasteiger partial charge in [0, 0.05) is 38.3 Å². The molecule has 0 atom stereocenters. The maximum absolute atomic E-state index is 12.1. The largest absolute Gasteiger partial charge is 0.310 e. The summed E-state index contributed by atoms with van der Waals surface area (Å²) < 4.78 is 0. The van der Waals surface area contributed by atoms with E-state index in [-0.39, 0.29) is 5.91 Å². The van der Waals surface area contributed by atoms with E-state index in [0.717, 1.165) is 44.6 Å². The number of hydrogen-bond donors (Lipinski definition) is 0. The molecule has 126 valence electrons. The maximum atomic E-state index is 12.1. The first-order chi connectivity index (χ1) is 11.7. The van der Waals surface area contributed by atoms with Crippen molar-refractivity contribution in [1.29, 1.82) is 0 Å². The molecule has 1 fully saturated rings. The van der Waals surface area contributed by atoms with E-state index in [0.29, 0.717) is 6.04 Å². The molecular formula is C21H26N2O. The Morgan fingerprint density at radius 2 is 1.58 bits per heavy atom. The van der Waals surface area contributed by atoms with E-state index in [1.54, 1.807) is 6.92 Å². The number of rotatable bonds is 5. The number of amides is 1. The number of piperidine rings is 1. The Labute approximate surface area is 144 Å². The van der Waals surface area contributed by atoms with Crippen LogP contribution < -0.4 is 4.90 Å². The number of likely N-dealkylation sites (tertiary alicyclic amines) is 1. The third kappa shape index (κ3) is 4.24. The van der Waals surface area contributed by atoms with Crippen molar-refractivity contribution in [3.8, 4) is 0 Å². The summed E-state index contributed by atoms with van der Waals surface area (Å²) in [7, 11) is 0. The predicted molar refractivity (Wildman–Crippen MR) is 99.2 cm³/mol. The van der Waals surface area contributed by atoms with Crippen molar-refractivity contribution in [3.05, 3.63) is 66.2 Å². The number of anilines is 1. The van der Waals surface area contributed by atoms with Crippen molar-refractivity contribution < 1.29 is 4.79 Å². The van der Waals surface area contributed by atoms with Gasteiger partial charge in [-0.1, -0.05) is 48.5 Å². The molecule has 1 aliphatic rings. The molecule has 2 aromatic carbocycles. The highest BCUT2D eigenvalue weighted by Crippen LogP contribution is 2.24. The molecule has 0 radical (unpaired) electrons. The third-order valence-corrected chi connectivity index (χ3v) is 4.86. The number of carbonyl (C=O) groups is 1. The summed E-state index contributed by atoms with van der Waals surface area (Å²) in [5, 5.41) is 0. The van der Waals surface area contributed by atoms with Crippen molar-refractivity contribution in [2.45, 2.75) is 32.2 Å². The fourth-order valence-electron chi connectivity index (χ4n) is 3.57. The molecule has 1 saturated heterocycles. The second-order valence-corrected chi connectivity index (χ2v) is 6.53. The normalized spacial score (nSPS) is 16.0. The van der Waals surface area contributed by atoms with Gasteiger partial charge in [0.1, 0.15) is 0 Å². The minimum atomic E-state index is 0.143. The first-order valence-electron chi connectivity index (χ1n) is 8.85. The number of benzene rings is 2. The molecule has 3 heteroatoms. The fraction of sp³-hybridized carbons (Fsp3) is 0.381. The van der Waals surface area contributed by atoms with Crippen LogP contribution in [-0.2, 0) is 11.2 Å². The van der Waals surface area contributed by atoms with Crippen LogP contribution in [0.1, 0.15) is 25.3 Å². The van der Waals surface area contributed by atoms with E-state index in [4.69, 9.17) is 0 Å². The minimum Gasteiger partial charge on any atom is -0.310 e. The van der Waals surface area contributed by atoms with E-state index in [2.05, 4.69) is 35.2 Å². The molecule has 0 bridgehead atoms. The molecule has 0 saturated carbocycles. The molecule has 1 aliphatic heterocycles. The second kappa shape index (κ2) is 8.11. The summed E-state index contributed by atoms with van der Waals surface area (Å²) in [5.74, 6) is 0.143. The molecule has 3 nitrogen and oxygen atoms in total. The number of carbonyl (C=O) groups excluding carboxylic acids is 1. The van der Waals surface area contributed by atoms with Crippen LogP contribution in [0.3, 0.4) is 0 Å². The average molecular weight is 322 g/mol. The lowest BCUT2D eigenvalue weighted by molar-refractivity contribution is -0.117. The van der Waals surface area contributed by atoms with Crippen LogP contribution in [0.25, 0.3) is 0 Å². The summed E-state index contributed by atoms with van der Waals surface area (Å²) in [6.07, 6.45) is 3.19. The van der Waals surface area contributed by atoms with Gasteiger partial charge in [-0.25, -0.2) is 0 Å². The van der Waals surface area contributed by atoms with Gasteiger partial charge in [0.25, 0.3) is 0 Å². The second-order valence-electron chi connectivity index (χ2n) is 6.53. The van der Waals surface area contributed by atoms with Gasteiger partial charge in [0.15, 0.2) is 0 Å². The monoisotopic (exact) mass is 322 g/mol. The van der Waals surface area contributed by atoms with E-state index in [9.17, 15) is 4.79 Å². The number of hydrogen-bond acceptors (Lipinski definition) is 2. The lowest BCUT2D eigenvalue weighted by atomic mass is 10.0. The summed E-state index contributed by atoms with van der Waals surface area (Å²) in [6, 6.07) is 21.0. The SMILES string of the molecule is CC(=O)N(c1ccccc1)C1CCN(CCc2ccccc2)CC1. The van der Waals surface area contributed by atoms with Gasteiger partial charge in [-0.2, -0.15) is 0 Å². The van der Waals surface area contributed by atoms with Gasteiger partial charge in [-0.3, -0.25) is 4.79 Å². The summed E-state index contributed by atoms with van der Waals surface area (Å²) in [6.45, 7) is 4.90. The minimum absolute atomic E-state index is 0.143. The Balaban J connectivity index is 1.54. The number of para-hydroxylation sites is 1. The van der Waals surface area contributed by atoms with Crippen molar-refractivity contribution in [2.24, 2.45) is 0 Å². The van der Waals surface area contributed by atoms with E-state index in [1.807, 2.05) is 35.2 Å². The van der Waals surface area contributed by atoms with Gasteiger partial charge < -0.3 is 9.80 Å². The highest BCUT2D eigenvalue weighted by molar-refractivity contribution is 5.92. The van der Waals surface area contributed by atoms with E-state index in [1.165, 1.54) is 5.56 Å². The Morgan fingerprint density at radius 3 is 2.17 bits per heavy atom. The Kier molecular flexibility index (Phi) is 5.65. The van der Waals surface area contributed by atoms with Gasteiger partial charge >= 0.3 is 0 Å². The molecule has 0 spiro atoms. The van der Waals surface area contributed by atoms with Gasteiger partial charge in [-0.15, -0.1) is 0 Å². The van der Waals surface area contributed by atoms with E-state index >= 15 is 0 Å². The lowest BCUT2D eigenvalue weighted by Crippen LogP contribution is -2.47. The molecular weight excluding hydrogens is 296 g/mol. The highest BCUT2D eigenvalue weighted by Gasteiger charge is 2.27. The fourth-order valence-corrected chi connectivity index (χ4v) is 3.57. The summed E-state index contributed by atoms with van der Waals surface area (Å²) in [4.78, 5) is 16.6. The lowest BCUT2D eigenvalue weighted by Gasteiger charge is -2.38. The van der Waals surface area contributed by atoms with Crippen LogP contribution in [-0.4, -0.2) is 36.5 Å². The standard InChI is InChI=1S/C21H26N2O/c1-18(24)23(20-10-6-3-7-11-20)21-13-16-22(17-14-21)15-12-19-8-4-2-5-9-19/h2-11,21H,12-17H2,1H3. The van der Waals surface area contributed by atoms with Crippen molar-refractivity contribution >= 4 is 11.6 Å². The number of nitrogens with zero attached hydrogens (tertiary/aromatic N) is 2. The molecule has 2 aromatic rings. The van der Waals surface area contributed by atoms with Gasteiger partial charge in [-0.05, 0) is 37.0 Å². The molecule has 0 N–H and O–H groups in total. The van der Waals surface area contributed by atoms with Crippen LogP contribution in [0.4, 0.5) is 5.69 Å². The highest BCUT2D eigenvalue weighted by atomic mass is 16.2.